The van der Waals surface area contributed by atoms with Gasteiger partial charge in [-0.2, -0.15) is 0 Å². The number of hydrogen-bond acceptors (Lipinski definition) is 4. The van der Waals surface area contributed by atoms with E-state index in [0.29, 0.717) is 17.9 Å². The molecule has 2 aromatic rings. The molecule has 6 nitrogen and oxygen atoms in total. The zero-order valence-corrected chi connectivity index (χ0v) is 16.2. The van der Waals surface area contributed by atoms with Gasteiger partial charge in [-0.1, -0.05) is 17.7 Å². The molecule has 1 atom stereocenters. The number of nitrogens with zero attached hydrogens (tertiary/aromatic N) is 1. The van der Waals surface area contributed by atoms with Crippen molar-refractivity contribution in [2.45, 2.75) is 19.9 Å². The van der Waals surface area contributed by atoms with Crippen molar-refractivity contribution in [3.8, 4) is 5.75 Å². The number of ether oxygens (including phenoxy) is 1. The summed E-state index contributed by atoms with van der Waals surface area (Å²) in [6, 6.07) is 13.9. The van der Waals surface area contributed by atoms with Crippen LogP contribution >= 0.6 is 0 Å². The number of aryl methyl sites for hydroxylation is 1. The van der Waals surface area contributed by atoms with Crippen LogP contribution in [0.25, 0.3) is 0 Å². The molecule has 1 unspecified atom stereocenters. The molecule has 0 aliphatic carbocycles. The number of nitrogens with one attached hydrogen (secondary N) is 1. The Labute approximate surface area is 154 Å². The third-order valence-corrected chi connectivity index (χ3v) is 5.09. The maximum absolute atomic E-state index is 12.3. The van der Waals surface area contributed by atoms with Crippen LogP contribution < -0.4 is 14.4 Å². The molecule has 0 bridgehead atoms. The van der Waals surface area contributed by atoms with Crippen LogP contribution in [-0.2, 0) is 10.0 Å². The van der Waals surface area contributed by atoms with Crippen molar-refractivity contribution >= 4 is 21.6 Å². The first-order valence-electron chi connectivity index (χ1n) is 8.21. The Hall–Kier alpha value is -2.54. The summed E-state index contributed by atoms with van der Waals surface area (Å²) < 4.78 is 29.9. The van der Waals surface area contributed by atoms with E-state index in [1.807, 2.05) is 38.1 Å². The van der Waals surface area contributed by atoms with Crippen LogP contribution in [0, 0.1) is 6.92 Å². The van der Waals surface area contributed by atoms with Crippen molar-refractivity contribution in [1.82, 2.24) is 5.32 Å². The predicted molar refractivity (Wildman–Crippen MR) is 103 cm³/mol. The molecule has 0 aliphatic rings. The highest BCUT2D eigenvalue weighted by Gasteiger charge is 2.14. The first-order chi connectivity index (χ1) is 12.2. The molecule has 0 aromatic heterocycles. The minimum Gasteiger partial charge on any atom is -0.491 e. The Balaban J connectivity index is 1.91. The normalized spacial score (nSPS) is 12.3. The largest absolute Gasteiger partial charge is 0.491 e. The second-order valence-corrected chi connectivity index (χ2v) is 8.29. The average molecular weight is 376 g/mol. The van der Waals surface area contributed by atoms with E-state index in [2.05, 4.69) is 5.32 Å². The molecule has 2 aromatic carbocycles. The van der Waals surface area contributed by atoms with E-state index in [4.69, 9.17) is 4.74 Å². The van der Waals surface area contributed by atoms with Crippen molar-refractivity contribution in [3.63, 3.8) is 0 Å². The first kappa shape index (κ1) is 19.8. The standard InChI is InChI=1S/C19H24N2O4S/c1-14-5-11-18(12-6-14)25-13-15(2)20-19(22)16-7-9-17(10-8-16)21(3)26(4,23)24/h5-12,15H,13H2,1-4H3,(H,20,22). The van der Waals surface area contributed by atoms with E-state index in [9.17, 15) is 13.2 Å². The van der Waals surface area contributed by atoms with Gasteiger partial charge in [0.05, 0.1) is 18.0 Å². The first-order valence-corrected chi connectivity index (χ1v) is 10.1. The van der Waals surface area contributed by atoms with Gasteiger partial charge in [-0.05, 0) is 50.2 Å². The molecule has 0 heterocycles. The Kier molecular flexibility index (Phi) is 6.26. The average Bonchev–Trinajstić information content (AvgIpc) is 2.60. The van der Waals surface area contributed by atoms with Crippen molar-refractivity contribution in [2.75, 3.05) is 24.2 Å². The van der Waals surface area contributed by atoms with Crippen LogP contribution in [0.2, 0.25) is 0 Å². The molecular weight excluding hydrogens is 352 g/mol. The fourth-order valence-electron chi connectivity index (χ4n) is 2.22. The number of carbonyl (C=O) groups is 1. The fraction of sp³-hybridized carbons (Fsp3) is 0.316. The smallest absolute Gasteiger partial charge is 0.251 e. The van der Waals surface area contributed by atoms with Gasteiger partial charge in [-0.25, -0.2) is 8.42 Å². The molecular formula is C19H24N2O4S. The van der Waals surface area contributed by atoms with Crippen LogP contribution in [0.3, 0.4) is 0 Å². The lowest BCUT2D eigenvalue weighted by Gasteiger charge is -2.17. The Morgan fingerprint density at radius 3 is 2.23 bits per heavy atom. The van der Waals surface area contributed by atoms with E-state index in [0.717, 1.165) is 21.9 Å². The molecule has 1 amide bonds. The number of amides is 1. The highest BCUT2D eigenvalue weighted by molar-refractivity contribution is 7.92. The molecule has 0 aliphatic heterocycles. The molecule has 0 spiro atoms. The van der Waals surface area contributed by atoms with Crippen LogP contribution in [0.15, 0.2) is 48.5 Å². The Morgan fingerprint density at radius 1 is 1.12 bits per heavy atom. The maximum Gasteiger partial charge on any atom is 0.251 e. The highest BCUT2D eigenvalue weighted by Crippen LogP contribution is 2.16. The SMILES string of the molecule is Cc1ccc(OCC(C)NC(=O)c2ccc(N(C)S(C)(=O)=O)cc2)cc1. The number of sulfonamides is 1. The summed E-state index contributed by atoms with van der Waals surface area (Å²) in [4.78, 5) is 12.3. The van der Waals surface area contributed by atoms with Crippen molar-refractivity contribution < 1.29 is 17.9 Å². The molecule has 140 valence electrons. The van der Waals surface area contributed by atoms with Gasteiger partial charge in [0, 0.05) is 12.6 Å². The lowest BCUT2D eigenvalue weighted by molar-refractivity contribution is 0.0926. The molecule has 0 radical (unpaired) electrons. The van der Waals surface area contributed by atoms with Gasteiger partial charge < -0.3 is 10.1 Å². The Bertz CT molecular complexity index is 846. The summed E-state index contributed by atoms with van der Waals surface area (Å²) in [5, 5.41) is 2.86. The quantitative estimate of drug-likeness (QED) is 0.806. The third kappa shape index (κ3) is 5.49. The van der Waals surface area contributed by atoms with Crippen molar-refractivity contribution in [3.05, 3.63) is 59.7 Å². The van der Waals surface area contributed by atoms with Gasteiger partial charge in [0.2, 0.25) is 10.0 Å². The topological polar surface area (TPSA) is 75.7 Å². The Morgan fingerprint density at radius 2 is 1.69 bits per heavy atom. The number of benzene rings is 2. The van der Waals surface area contributed by atoms with Gasteiger partial charge >= 0.3 is 0 Å². The number of anilines is 1. The number of rotatable bonds is 7. The fourth-order valence-corrected chi connectivity index (χ4v) is 2.72. The van der Waals surface area contributed by atoms with Crippen LogP contribution in [-0.4, -0.2) is 40.3 Å². The molecule has 2 rings (SSSR count). The number of carbonyl (C=O) groups excluding carboxylic acids is 1. The van der Waals surface area contributed by atoms with E-state index in [1.165, 1.54) is 7.05 Å². The lowest BCUT2D eigenvalue weighted by Crippen LogP contribution is -2.36. The molecule has 1 N–H and O–H groups in total. The molecule has 26 heavy (non-hydrogen) atoms. The van der Waals surface area contributed by atoms with Crippen molar-refractivity contribution in [2.24, 2.45) is 0 Å². The number of hydrogen-bond donors (Lipinski definition) is 1. The summed E-state index contributed by atoms with van der Waals surface area (Å²) in [5.41, 5.74) is 2.11. The minimum atomic E-state index is -3.33. The third-order valence-electron chi connectivity index (χ3n) is 3.89. The summed E-state index contributed by atoms with van der Waals surface area (Å²) in [7, 11) is -1.86. The molecule has 7 heteroatoms. The maximum atomic E-state index is 12.3. The van der Waals surface area contributed by atoms with Gasteiger partial charge in [0.15, 0.2) is 0 Å². The van der Waals surface area contributed by atoms with Crippen LogP contribution in [0.4, 0.5) is 5.69 Å². The summed E-state index contributed by atoms with van der Waals surface area (Å²) in [5.74, 6) is 0.517. The summed E-state index contributed by atoms with van der Waals surface area (Å²) in [6.45, 7) is 4.22. The second kappa shape index (κ2) is 8.23. The predicted octanol–water partition coefficient (Wildman–Crippen LogP) is 2.59. The summed E-state index contributed by atoms with van der Waals surface area (Å²) >= 11 is 0. The minimum absolute atomic E-state index is 0.179. The molecule has 0 saturated carbocycles. The van der Waals surface area contributed by atoms with E-state index in [-0.39, 0.29) is 11.9 Å². The molecule has 0 saturated heterocycles. The van der Waals surface area contributed by atoms with E-state index >= 15 is 0 Å². The van der Waals surface area contributed by atoms with Crippen LogP contribution in [0.5, 0.6) is 5.75 Å². The monoisotopic (exact) mass is 376 g/mol. The van der Waals surface area contributed by atoms with Gasteiger partial charge in [-0.15, -0.1) is 0 Å². The van der Waals surface area contributed by atoms with Crippen LogP contribution in [0.1, 0.15) is 22.8 Å². The molecule has 0 fully saturated rings. The van der Waals surface area contributed by atoms with E-state index < -0.39 is 10.0 Å². The van der Waals surface area contributed by atoms with Crippen molar-refractivity contribution in [1.29, 1.82) is 0 Å². The van der Waals surface area contributed by atoms with E-state index in [1.54, 1.807) is 24.3 Å². The van der Waals surface area contributed by atoms with Gasteiger partial charge in [0.1, 0.15) is 12.4 Å². The van der Waals surface area contributed by atoms with Gasteiger partial charge in [0.25, 0.3) is 5.91 Å². The zero-order valence-electron chi connectivity index (χ0n) is 15.4. The second-order valence-electron chi connectivity index (χ2n) is 6.28. The lowest BCUT2D eigenvalue weighted by atomic mass is 10.2. The summed E-state index contributed by atoms with van der Waals surface area (Å²) in [6.07, 6.45) is 1.13. The zero-order chi connectivity index (χ0) is 19.3. The van der Waals surface area contributed by atoms with Gasteiger partial charge in [-0.3, -0.25) is 9.10 Å². The highest BCUT2D eigenvalue weighted by atomic mass is 32.2.